The molecule has 0 unspecified atom stereocenters. The van der Waals surface area contributed by atoms with Gasteiger partial charge in [0.15, 0.2) is 0 Å². The number of alkyl halides is 3. The van der Waals surface area contributed by atoms with Crippen molar-refractivity contribution in [3.63, 3.8) is 0 Å². The number of rotatable bonds is 1. The van der Waals surface area contributed by atoms with Gasteiger partial charge >= 0.3 is 11.9 Å². The Morgan fingerprint density at radius 2 is 1.86 bits per heavy atom. The number of hydrogen-bond donors (Lipinski definition) is 1. The number of halogens is 5. The molecule has 1 N–H and O–H groups in total. The van der Waals surface area contributed by atoms with Crippen LogP contribution in [0.2, 0.25) is 5.02 Å². The number of aromatic amines is 1. The summed E-state index contributed by atoms with van der Waals surface area (Å²) in [5.41, 5.74) is -5.33. The summed E-state index contributed by atoms with van der Waals surface area (Å²) >= 11 is 5.54. The molecule has 9 heteroatoms. The van der Waals surface area contributed by atoms with Crippen molar-refractivity contribution in [1.82, 2.24) is 9.55 Å². The van der Waals surface area contributed by atoms with Crippen LogP contribution >= 0.6 is 11.6 Å². The highest BCUT2D eigenvalue weighted by molar-refractivity contribution is 6.30. The van der Waals surface area contributed by atoms with Crippen LogP contribution in [-0.2, 0) is 6.18 Å². The zero-order valence-corrected chi connectivity index (χ0v) is 11.1. The van der Waals surface area contributed by atoms with Gasteiger partial charge in [0.05, 0.1) is 5.69 Å². The third-order valence-electron chi connectivity index (χ3n) is 2.77. The molecule has 0 bridgehead atoms. The Labute approximate surface area is 119 Å². The van der Waals surface area contributed by atoms with Crippen LogP contribution in [0.15, 0.2) is 27.8 Å². The van der Waals surface area contributed by atoms with Gasteiger partial charge in [-0.2, -0.15) is 13.2 Å². The van der Waals surface area contributed by atoms with Gasteiger partial charge in [0.2, 0.25) is 0 Å². The van der Waals surface area contributed by atoms with Crippen LogP contribution in [0.3, 0.4) is 0 Å². The minimum atomic E-state index is -4.89. The van der Waals surface area contributed by atoms with E-state index in [9.17, 15) is 27.2 Å². The number of nitrogens with one attached hydrogen (secondary N) is 1. The van der Waals surface area contributed by atoms with Gasteiger partial charge < -0.3 is 4.98 Å². The van der Waals surface area contributed by atoms with Gasteiger partial charge in [0.25, 0.3) is 5.56 Å². The monoisotopic (exact) mass is 322 g/mol. The molecule has 1 aromatic heterocycles. The van der Waals surface area contributed by atoms with E-state index >= 15 is 0 Å². The number of H-pyrrole nitrogens is 1. The summed E-state index contributed by atoms with van der Waals surface area (Å²) in [5, 5.41) is 0.0179. The van der Waals surface area contributed by atoms with Gasteiger partial charge in [-0.05, 0) is 25.1 Å². The van der Waals surface area contributed by atoms with Crippen LogP contribution in [-0.4, -0.2) is 9.55 Å². The first-order valence-electron chi connectivity index (χ1n) is 5.51. The molecule has 2 rings (SSSR count). The molecule has 0 spiro atoms. The first-order valence-corrected chi connectivity index (χ1v) is 5.89. The van der Waals surface area contributed by atoms with E-state index < -0.39 is 40.2 Å². The van der Waals surface area contributed by atoms with Crippen LogP contribution in [0.25, 0.3) is 5.69 Å². The average molecular weight is 323 g/mol. The fourth-order valence-electron chi connectivity index (χ4n) is 1.79. The van der Waals surface area contributed by atoms with Crippen LogP contribution in [0.1, 0.15) is 11.3 Å². The molecule has 0 aliphatic carbocycles. The third kappa shape index (κ3) is 2.71. The van der Waals surface area contributed by atoms with E-state index in [1.165, 1.54) is 6.07 Å². The average Bonchev–Trinajstić information content (AvgIpc) is 2.35. The van der Waals surface area contributed by atoms with Gasteiger partial charge in [-0.15, -0.1) is 0 Å². The highest BCUT2D eigenvalue weighted by Crippen LogP contribution is 2.28. The van der Waals surface area contributed by atoms with Crippen molar-refractivity contribution < 1.29 is 17.6 Å². The summed E-state index contributed by atoms with van der Waals surface area (Å²) in [6.07, 6.45) is -4.89. The lowest BCUT2D eigenvalue weighted by Crippen LogP contribution is -2.38. The molecular formula is C12H7ClF4N2O2. The van der Waals surface area contributed by atoms with Crippen LogP contribution in [0.4, 0.5) is 17.6 Å². The van der Waals surface area contributed by atoms with Crippen molar-refractivity contribution in [2.75, 3.05) is 0 Å². The van der Waals surface area contributed by atoms with Gasteiger partial charge in [0.1, 0.15) is 11.5 Å². The highest BCUT2D eigenvalue weighted by atomic mass is 35.5. The van der Waals surface area contributed by atoms with Crippen molar-refractivity contribution >= 4 is 11.6 Å². The molecule has 1 aromatic carbocycles. The van der Waals surface area contributed by atoms with E-state index in [4.69, 9.17) is 11.6 Å². The maximum atomic E-state index is 13.7. The largest absolute Gasteiger partial charge is 0.431 e. The molecule has 0 saturated heterocycles. The molecule has 1 heterocycles. The Morgan fingerprint density at radius 3 is 2.38 bits per heavy atom. The predicted octanol–water partition coefficient (Wildman–Crippen LogP) is 2.65. The topological polar surface area (TPSA) is 54.9 Å². The number of hydrogen-bond acceptors (Lipinski definition) is 2. The Bertz CT molecular complexity index is 823. The van der Waals surface area contributed by atoms with E-state index in [1.54, 1.807) is 4.98 Å². The predicted molar refractivity (Wildman–Crippen MR) is 67.4 cm³/mol. The van der Waals surface area contributed by atoms with Gasteiger partial charge in [-0.1, -0.05) is 11.6 Å². The normalized spacial score (nSPS) is 11.7. The number of aromatic nitrogens is 2. The summed E-state index contributed by atoms with van der Waals surface area (Å²) in [6.45, 7) is 0.894. The third-order valence-corrected chi connectivity index (χ3v) is 3.00. The fourth-order valence-corrected chi connectivity index (χ4v) is 1.95. The zero-order valence-electron chi connectivity index (χ0n) is 10.4. The molecule has 21 heavy (non-hydrogen) atoms. The van der Waals surface area contributed by atoms with Gasteiger partial charge in [-0.3, -0.25) is 4.79 Å². The van der Waals surface area contributed by atoms with Crippen LogP contribution in [0, 0.1) is 12.7 Å². The lowest BCUT2D eigenvalue weighted by atomic mass is 10.2. The maximum absolute atomic E-state index is 13.7. The van der Waals surface area contributed by atoms with Gasteiger partial charge in [-0.25, -0.2) is 13.8 Å². The molecular weight excluding hydrogens is 316 g/mol. The molecule has 4 nitrogen and oxygen atoms in total. The van der Waals surface area contributed by atoms with Crippen molar-refractivity contribution in [2.45, 2.75) is 13.1 Å². The molecule has 0 amide bonds. The van der Waals surface area contributed by atoms with Crippen molar-refractivity contribution in [3.8, 4) is 5.69 Å². The van der Waals surface area contributed by atoms with Crippen molar-refractivity contribution in [2.24, 2.45) is 0 Å². The van der Waals surface area contributed by atoms with E-state index in [2.05, 4.69) is 0 Å². The quantitative estimate of drug-likeness (QED) is 0.821. The standard InChI is InChI=1S/C12H7ClF4N2O2/c1-5-9(12(15,16)17)18-11(21)19(10(5)20)8-3-2-6(13)4-7(8)14/h2-4H,1H3,(H,18,21). The number of nitrogens with zero attached hydrogens (tertiary/aromatic N) is 1. The lowest BCUT2D eigenvalue weighted by molar-refractivity contribution is -0.142. The van der Waals surface area contributed by atoms with E-state index in [1.807, 2.05) is 0 Å². The SMILES string of the molecule is Cc1c(C(F)(F)F)[nH]c(=O)n(-c2ccc(Cl)cc2F)c1=O. The summed E-state index contributed by atoms with van der Waals surface area (Å²) in [4.78, 5) is 25.2. The number of benzene rings is 1. The molecule has 0 aliphatic heterocycles. The van der Waals surface area contributed by atoms with Crippen molar-refractivity contribution in [3.05, 3.63) is 61.1 Å². The lowest BCUT2D eigenvalue weighted by Gasteiger charge is -2.12. The second-order valence-electron chi connectivity index (χ2n) is 4.16. The van der Waals surface area contributed by atoms with Crippen molar-refractivity contribution in [1.29, 1.82) is 0 Å². The second kappa shape index (κ2) is 5.03. The zero-order chi connectivity index (χ0) is 15.9. The molecule has 2 aromatic rings. The van der Waals surface area contributed by atoms with E-state index in [0.717, 1.165) is 19.1 Å². The van der Waals surface area contributed by atoms with Crippen LogP contribution in [0.5, 0.6) is 0 Å². The van der Waals surface area contributed by atoms with Gasteiger partial charge in [0, 0.05) is 10.6 Å². The summed E-state index contributed by atoms with van der Waals surface area (Å²) in [7, 11) is 0. The molecule has 0 fully saturated rings. The van der Waals surface area contributed by atoms with Crippen LogP contribution < -0.4 is 11.2 Å². The Balaban J connectivity index is 2.82. The fraction of sp³-hybridized carbons (Fsp3) is 0.167. The Hall–Kier alpha value is -2.09. The highest BCUT2D eigenvalue weighted by Gasteiger charge is 2.35. The molecule has 112 valence electrons. The molecule has 0 atom stereocenters. The molecule has 0 aliphatic rings. The second-order valence-corrected chi connectivity index (χ2v) is 4.60. The summed E-state index contributed by atoms with van der Waals surface area (Å²) in [6, 6.07) is 3.08. The minimum Gasteiger partial charge on any atom is -0.302 e. The Morgan fingerprint density at radius 1 is 1.24 bits per heavy atom. The molecule has 0 saturated carbocycles. The van der Waals surface area contributed by atoms with E-state index in [0.29, 0.717) is 0 Å². The minimum absolute atomic E-state index is 0.0179. The first-order chi connectivity index (χ1) is 9.62. The maximum Gasteiger partial charge on any atom is 0.431 e. The smallest absolute Gasteiger partial charge is 0.302 e. The first kappa shape index (κ1) is 15.3. The Kier molecular flexibility index (Phi) is 3.66. The van der Waals surface area contributed by atoms with E-state index in [-0.39, 0.29) is 9.59 Å². The summed E-state index contributed by atoms with van der Waals surface area (Å²) in [5.74, 6) is -1.01. The molecule has 0 radical (unpaired) electrons. The summed E-state index contributed by atoms with van der Waals surface area (Å²) < 4.78 is 52.0.